The quantitative estimate of drug-likeness (QED) is 0.275. The lowest BCUT2D eigenvalue weighted by Crippen LogP contribution is -2.11. The summed E-state index contributed by atoms with van der Waals surface area (Å²) in [5, 5.41) is 13.4. The van der Waals surface area contributed by atoms with Gasteiger partial charge in [-0.1, -0.05) is 37.8 Å². The first kappa shape index (κ1) is 17.9. The molecule has 0 aliphatic carbocycles. The van der Waals surface area contributed by atoms with Crippen molar-refractivity contribution in [2.75, 3.05) is 5.32 Å². The van der Waals surface area contributed by atoms with Gasteiger partial charge in [-0.05, 0) is 25.3 Å². The van der Waals surface area contributed by atoms with Crippen LogP contribution < -0.4 is 5.32 Å². The fourth-order valence-corrected chi connectivity index (χ4v) is 2.20. The molecular formula is C17H24N2O3. The Balaban J connectivity index is 2.17. The highest BCUT2D eigenvalue weighted by Gasteiger charge is 2.07. The van der Waals surface area contributed by atoms with E-state index in [0.717, 1.165) is 25.7 Å². The molecule has 1 rings (SSSR count). The smallest absolute Gasteiger partial charge is 0.271 e. The molecule has 0 radical (unpaired) electrons. The van der Waals surface area contributed by atoms with E-state index in [2.05, 4.69) is 11.9 Å². The van der Waals surface area contributed by atoms with Gasteiger partial charge < -0.3 is 5.32 Å². The van der Waals surface area contributed by atoms with Gasteiger partial charge in [-0.25, -0.2) is 0 Å². The van der Waals surface area contributed by atoms with Crippen LogP contribution in [0.1, 0.15) is 51.4 Å². The highest BCUT2D eigenvalue weighted by molar-refractivity contribution is 5.90. The second kappa shape index (κ2) is 10.5. The standard InChI is InChI=1S/C17H24N2O3/c1-2-3-4-5-6-7-8-9-13-17(20)18-15-11-10-12-16(14-15)19(21)22/h2,10-12,14H,1,3-9,13H2,(H,18,20). The zero-order valence-electron chi connectivity index (χ0n) is 12.9. The Bertz CT molecular complexity index is 500. The van der Waals surface area contributed by atoms with Crippen LogP contribution in [0.15, 0.2) is 36.9 Å². The zero-order valence-corrected chi connectivity index (χ0v) is 12.9. The summed E-state index contributed by atoms with van der Waals surface area (Å²) in [5.74, 6) is -0.0906. The summed E-state index contributed by atoms with van der Waals surface area (Å²) in [6.07, 6.45) is 10.1. The SMILES string of the molecule is C=CCCCCCCCCC(=O)Nc1cccc([N+](=O)[O-])c1. The van der Waals surface area contributed by atoms with Gasteiger partial charge in [0.1, 0.15) is 0 Å². The highest BCUT2D eigenvalue weighted by Crippen LogP contribution is 2.17. The minimum absolute atomic E-state index is 0.0164. The van der Waals surface area contributed by atoms with Crippen molar-refractivity contribution in [3.63, 3.8) is 0 Å². The molecule has 0 heterocycles. The first-order valence-corrected chi connectivity index (χ1v) is 7.78. The summed E-state index contributed by atoms with van der Waals surface area (Å²) in [6, 6.07) is 6.00. The number of hydrogen-bond acceptors (Lipinski definition) is 3. The van der Waals surface area contributed by atoms with Crippen LogP contribution in [-0.4, -0.2) is 10.8 Å². The van der Waals surface area contributed by atoms with Crippen molar-refractivity contribution in [1.82, 2.24) is 0 Å². The van der Waals surface area contributed by atoms with Gasteiger partial charge in [0.25, 0.3) is 5.69 Å². The number of anilines is 1. The number of non-ortho nitro benzene ring substituents is 1. The van der Waals surface area contributed by atoms with Gasteiger partial charge in [-0.2, -0.15) is 0 Å². The van der Waals surface area contributed by atoms with Crippen molar-refractivity contribution in [3.8, 4) is 0 Å². The molecular weight excluding hydrogens is 280 g/mol. The Morgan fingerprint density at radius 2 is 1.86 bits per heavy atom. The lowest BCUT2D eigenvalue weighted by Gasteiger charge is -2.05. The van der Waals surface area contributed by atoms with Crippen LogP contribution >= 0.6 is 0 Å². The van der Waals surface area contributed by atoms with E-state index >= 15 is 0 Å². The minimum atomic E-state index is -0.470. The number of benzene rings is 1. The fourth-order valence-electron chi connectivity index (χ4n) is 2.20. The predicted octanol–water partition coefficient (Wildman–Crippen LogP) is 4.84. The van der Waals surface area contributed by atoms with E-state index in [0.29, 0.717) is 12.1 Å². The molecule has 1 N–H and O–H groups in total. The maximum absolute atomic E-state index is 11.8. The maximum Gasteiger partial charge on any atom is 0.271 e. The van der Waals surface area contributed by atoms with Gasteiger partial charge in [-0.15, -0.1) is 6.58 Å². The third-order valence-electron chi connectivity index (χ3n) is 3.40. The van der Waals surface area contributed by atoms with E-state index in [9.17, 15) is 14.9 Å². The highest BCUT2D eigenvalue weighted by atomic mass is 16.6. The molecule has 0 spiro atoms. The van der Waals surface area contributed by atoms with Gasteiger partial charge in [-0.3, -0.25) is 14.9 Å². The maximum atomic E-state index is 11.8. The number of carbonyl (C=O) groups is 1. The molecule has 5 nitrogen and oxygen atoms in total. The van der Waals surface area contributed by atoms with Crippen molar-refractivity contribution in [2.24, 2.45) is 0 Å². The Hall–Kier alpha value is -2.17. The van der Waals surface area contributed by atoms with E-state index < -0.39 is 4.92 Å². The molecule has 0 aliphatic heterocycles. The minimum Gasteiger partial charge on any atom is -0.326 e. The first-order chi connectivity index (χ1) is 10.6. The first-order valence-electron chi connectivity index (χ1n) is 7.78. The van der Waals surface area contributed by atoms with Gasteiger partial charge in [0.15, 0.2) is 0 Å². The van der Waals surface area contributed by atoms with E-state index in [1.54, 1.807) is 12.1 Å². The van der Waals surface area contributed by atoms with Crippen LogP contribution in [0.4, 0.5) is 11.4 Å². The van der Waals surface area contributed by atoms with Crippen LogP contribution in [0.3, 0.4) is 0 Å². The molecule has 0 saturated carbocycles. The van der Waals surface area contributed by atoms with E-state index in [-0.39, 0.29) is 11.6 Å². The normalized spacial score (nSPS) is 10.2. The van der Waals surface area contributed by atoms with Crippen molar-refractivity contribution < 1.29 is 9.72 Å². The number of nitro benzene ring substituents is 1. The Morgan fingerprint density at radius 1 is 1.18 bits per heavy atom. The number of carbonyl (C=O) groups excluding carboxylic acids is 1. The van der Waals surface area contributed by atoms with Crippen molar-refractivity contribution >= 4 is 17.3 Å². The average Bonchev–Trinajstić information content (AvgIpc) is 2.50. The van der Waals surface area contributed by atoms with Crippen LogP contribution in [0, 0.1) is 10.1 Å². The molecule has 0 aliphatic rings. The molecule has 0 atom stereocenters. The van der Waals surface area contributed by atoms with Crippen molar-refractivity contribution in [3.05, 3.63) is 47.0 Å². The predicted molar refractivity (Wildman–Crippen MR) is 88.9 cm³/mol. The molecule has 0 saturated heterocycles. The summed E-state index contributed by atoms with van der Waals surface area (Å²) in [7, 11) is 0. The second-order valence-electron chi connectivity index (χ2n) is 5.30. The van der Waals surface area contributed by atoms with Gasteiger partial charge in [0.05, 0.1) is 4.92 Å². The Kier molecular flexibility index (Phi) is 8.57. The number of amides is 1. The van der Waals surface area contributed by atoms with Crippen LogP contribution in [-0.2, 0) is 4.79 Å². The summed E-state index contributed by atoms with van der Waals surface area (Å²) < 4.78 is 0. The van der Waals surface area contributed by atoms with Crippen LogP contribution in [0.25, 0.3) is 0 Å². The molecule has 22 heavy (non-hydrogen) atoms. The molecule has 0 bridgehead atoms. The monoisotopic (exact) mass is 304 g/mol. The number of nitro groups is 1. The van der Waals surface area contributed by atoms with E-state index in [1.165, 1.54) is 31.4 Å². The third kappa shape index (κ3) is 7.57. The summed E-state index contributed by atoms with van der Waals surface area (Å²) >= 11 is 0. The number of hydrogen-bond donors (Lipinski definition) is 1. The zero-order chi connectivity index (χ0) is 16.2. The van der Waals surface area contributed by atoms with E-state index in [4.69, 9.17) is 0 Å². The Labute approximate surface area is 131 Å². The average molecular weight is 304 g/mol. The lowest BCUT2D eigenvalue weighted by atomic mass is 10.1. The second-order valence-corrected chi connectivity index (χ2v) is 5.30. The fraction of sp³-hybridized carbons (Fsp3) is 0.471. The molecule has 1 aromatic carbocycles. The molecule has 120 valence electrons. The molecule has 5 heteroatoms. The van der Waals surface area contributed by atoms with Gasteiger partial charge in [0.2, 0.25) is 5.91 Å². The molecule has 1 aromatic rings. The molecule has 0 fully saturated rings. The molecule has 1 amide bonds. The lowest BCUT2D eigenvalue weighted by molar-refractivity contribution is -0.384. The summed E-state index contributed by atoms with van der Waals surface area (Å²) in [5.41, 5.74) is 0.459. The Morgan fingerprint density at radius 3 is 2.55 bits per heavy atom. The number of nitrogens with zero attached hydrogens (tertiary/aromatic N) is 1. The molecule has 0 aromatic heterocycles. The summed E-state index contributed by atoms with van der Waals surface area (Å²) in [6.45, 7) is 3.69. The van der Waals surface area contributed by atoms with Crippen LogP contribution in [0.5, 0.6) is 0 Å². The van der Waals surface area contributed by atoms with Gasteiger partial charge >= 0.3 is 0 Å². The topological polar surface area (TPSA) is 72.2 Å². The third-order valence-corrected chi connectivity index (χ3v) is 3.40. The van der Waals surface area contributed by atoms with E-state index in [1.807, 2.05) is 6.08 Å². The van der Waals surface area contributed by atoms with Crippen LogP contribution in [0.2, 0.25) is 0 Å². The van der Waals surface area contributed by atoms with Crippen molar-refractivity contribution in [2.45, 2.75) is 51.4 Å². The largest absolute Gasteiger partial charge is 0.326 e. The number of rotatable bonds is 11. The van der Waals surface area contributed by atoms with Gasteiger partial charge in [0, 0.05) is 24.2 Å². The molecule has 0 unspecified atom stereocenters. The number of unbranched alkanes of at least 4 members (excludes halogenated alkanes) is 6. The summed E-state index contributed by atoms with van der Waals surface area (Å²) in [4.78, 5) is 22.0. The number of allylic oxidation sites excluding steroid dienone is 1. The number of nitrogens with one attached hydrogen (secondary N) is 1. The van der Waals surface area contributed by atoms with Crippen molar-refractivity contribution in [1.29, 1.82) is 0 Å².